The van der Waals surface area contributed by atoms with E-state index in [4.69, 9.17) is 14.7 Å². The molecule has 32 heavy (non-hydrogen) atoms. The lowest BCUT2D eigenvalue weighted by atomic mass is 10.1. The molecule has 0 amide bonds. The van der Waals surface area contributed by atoms with Gasteiger partial charge in [0, 0.05) is 51.3 Å². The summed E-state index contributed by atoms with van der Waals surface area (Å²) in [5, 5.41) is 9.09. The number of aryl methyl sites for hydroxylation is 1. The van der Waals surface area contributed by atoms with Crippen LogP contribution in [-0.2, 0) is 23.1 Å². The van der Waals surface area contributed by atoms with Gasteiger partial charge in [-0.05, 0) is 31.4 Å². The Morgan fingerprint density at radius 3 is 2.97 bits per heavy atom. The molecule has 0 radical (unpaired) electrons. The predicted molar refractivity (Wildman–Crippen MR) is 124 cm³/mol. The molecule has 10 heteroatoms. The average Bonchev–Trinajstić information content (AvgIpc) is 3.57. The number of aldehydes is 1. The summed E-state index contributed by atoms with van der Waals surface area (Å²) in [5.41, 5.74) is 0.909. The van der Waals surface area contributed by atoms with Gasteiger partial charge in [0.25, 0.3) is 0 Å². The van der Waals surface area contributed by atoms with Crippen LogP contribution in [0.3, 0.4) is 0 Å². The number of aromatic nitrogens is 6. The number of rotatable bonds is 8. The molecule has 9 nitrogen and oxygen atoms in total. The molecule has 1 saturated carbocycles. The molecule has 4 heterocycles. The summed E-state index contributed by atoms with van der Waals surface area (Å²) < 4.78 is 9.02. The van der Waals surface area contributed by atoms with E-state index in [1.807, 2.05) is 30.1 Å². The first-order valence-corrected chi connectivity index (χ1v) is 11.5. The molecule has 166 valence electrons. The molecule has 0 spiro atoms. The topological polar surface area (TPSA) is 99.8 Å². The van der Waals surface area contributed by atoms with Crippen LogP contribution in [0.1, 0.15) is 19.3 Å². The van der Waals surface area contributed by atoms with Gasteiger partial charge in [0.1, 0.15) is 22.6 Å². The number of thiophene rings is 1. The molecule has 0 aliphatic heterocycles. The fourth-order valence-corrected chi connectivity index (χ4v) is 5.15. The number of imidazole rings is 1. The van der Waals surface area contributed by atoms with E-state index < -0.39 is 0 Å². The molecule has 0 unspecified atom stereocenters. The van der Waals surface area contributed by atoms with E-state index in [2.05, 4.69) is 21.5 Å². The smallest absolute Gasteiger partial charge is 0.199 e. The Morgan fingerprint density at radius 2 is 2.22 bits per heavy atom. The van der Waals surface area contributed by atoms with Gasteiger partial charge in [-0.1, -0.05) is 0 Å². The number of nitrogens with one attached hydrogen (secondary N) is 1. The van der Waals surface area contributed by atoms with Crippen molar-refractivity contribution in [2.45, 2.75) is 31.8 Å². The number of hydrogen-bond donors (Lipinski definition) is 1. The minimum Gasteiger partial charge on any atom is -0.383 e. The van der Waals surface area contributed by atoms with Crippen LogP contribution in [0, 0.1) is 5.92 Å². The van der Waals surface area contributed by atoms with Crippen molar-refractivity contribution in [3.8, 4) is 22.2 Å². The molecule has 0 bridgehead atoms. The second-order valence-electron chi connectivity index (χ2n) is 8.09. The van der Waals surface area contributed by atoms with Crippen molar-refractivity contribution < 1.29 is 9.53 Å². The van der Waals surface area contributed by atoms with E-state index in [1.54, 1.807) is 29.3 Å². The summed E-state index contributed by atoms with van der Waals surface area (Å²) in [4.78, 5) is 27.4. The second kappa shape index (κ2) is 8.79. The zero-order valence-electron chi connectivity index (χ0n) is 18.1. The maximum Gasteiger partial charge on any atom is 0.199 e. The van der Waals surface area contributed by atoms with Crippen molar-refractivity contribution in [2.75, 3.05) is 19.0 Å². The van der Waals surface area contributed by atoms with E-state index in [1.165, 1.54) is 0 Å². The normalized spacial score (nSPS) is 18.4. The summed E-state index contributed by atoms with van der Waals surface area (Å²) in [5.74, 6) is 2.17. The third-order valence-electron chi connectivity index (χ3n) is 5.82. The van der Waals surface area contributed by atoms with Crippen molar-refractivity contribution in [3.63, 3.8) is 0 Å². The Morgan fingerprint density at radius 1 is 1.31 bits per heavy atom. The Kier molecular flexibility index (Phi) is 5.71. The molecule has 2 atom stereocenters. The fraction of sp³-hybridized carbons (Fsp3) is 0.409. The fourth-order valence-electron chi connectivity index (χ4n) is 4.15. The maximum absolute atomic E-state index is 11.2. The van der Waals surface area contributed by atoms with Gasteiger partial charge in [-0.25, -0.2) is 15.0 Å². The van der Waals surface area contributed by atoms with Crippen molar-refractivity contribution >= 4 is 33.7 Å². The van der Waals surface area contributed by atoms with Crippen molar-refractivity contribution in [3.05, 3.63) is 30.7 Å². The predicted octanol–water partition coefficient (Wildman–Crippen LogP) is 3.38. The van der Waals surface area contributed by atoms with Crippen LogP contribution in [0.2, 0.25) is 0 Å². The summed E-state index contributed by atoms with van der Waals surface area (Å²) in [6.07, 6.45) is 9.35. The maximum atomic E-state index is 11.2. The van der Waals surface area contributed by atoms with E-state index in [9.17, 15) is 4.79 Å². The Labute approximate surface area is 189 Å². The van der Waals surface area contributed by atoms with Gasteiger partial charge < -0.3 is 19.4 Å². The molecule has 0 aromatic carbocycles. The van der Waals surface area contributed by atoms with Crippen LogP contribution in [-0.4, -0.2) is 55.3 Å². The molecule has 1 aliphatic carbocycles. The Hall–Kier alpha value is -3.11. The van der Waals surface area contributed by atoms with E-state index in [0.717, 1.165) is 52.2 Å². The average molecular weight is 452 g/mol. The summed E-state index contributed by atoms with van der Waals surface area (Å²) in [6.45, 7) is 1.25. The van der Waals surface area contributed by atoms with Gasteiger partial charge in [-0.15, -0.1) is 11.3 Å². The van der Waals surface area contributed by atoms with Crippen LogP contribution in [0.25, 0.3) is 32.4 Å². The highest BCUT2D eigenvalue weighted by Crippen LogP contribution is 2.37. The number of methoxy groups -OCH3 is 1. The third-order valence-corrected chi connectivity index (χ3v) is 6.87. The highest BCUT2D eigenvalue weighted by atomic mass is 32.1. The first kappa shape index (κ1) is 20.8. The Bertz CT molecular complexity index is 1240. The number of carbonyl (C=O) groups is 1. The molecular weight excluding hydrogens is 426 g/mol. The number of nitrogens with zero attached hydrogens (tertiary/aromatic N) is 6. The second-order valence-corrected chi connectivity index (χ2v) is 9.12. The summed E-state index contributed by atoms with van der Waals surface area (Å²) in [7, 11) is 3.59. The van der Waals surface area contributed by atoms with Gasteiger partial charge in [0.2, 0.25) is 0 Å². The number of fused-ring (bicyclic) bond motifs is 1. The third kappa shape index (κ3) is 4.03. The molecule has 1 N–H and O–H groups in total. The quantitative estimate of drug-likeness (QED) is 0.410. The van der Waals surface area contributed by atoms with Gasteiger partial charge in [-0.2, -0.15) is 5.10 Å². The lowest BCUT2D eigenvalue weighted by Gasteiger charge is -2.15. The monoisotopic (exact) mass is 451 g/mol. The highest BCUT2D eigenvalue weighted by Gasteiger charge is 2.26. The largest absolute Gasteiger partial charge is 0.383 e. The molecular formula is C22H25N7O2S. The molecule has 1 aliphatic rings. The number of hydrogen-bond acceptors (Lipinski definition) is 8. The number of ether oxygens (including phenoxy) is 1. The molecule has 1 fully saturated rings. The van der Waals surface area contributed by atoms with Gasteiger partial charge in [0.15, 0.2) is 11.6 Å². The molecule has 5 rings (SSSR count). The van der Waals surface area contributed by atoms with Gasteiger partial charge >= 0.3 is 0 Å². The summed E-state index contributed by atoms with van der Waals surface area (Å²) >= 11 is 1.59. The van der Waals surface area contributed by atoms with Crippen LogP contribution >= 0.6 is 11.3 Å². The zero-order chi connectivity index (χ0) is 22.1. The van der Waals surface area contributed by atoms with Gasteiger partial charge in [-0.3, -0.25) is 4.68 Å². The highest BCUT2D eigenvalue weighted by molar-refractivity contribution is 7.21. The SMILES string of the molecule is COCCn1ccnc1-c1nc(N[C@@H]2CC[C@H](C=O)C2)c2cc(-c3ccn(C)n3)sc2n1. The van der Waals surface area contributed by atoms with Crippen molar-refractivity contribution in [1.29, 1.82) is 0 Å². The van der Waals surface area contributed by atoms with Crippen molar-refractivity contribution in [2.24, 2.45) is 13.0 Å². The number of anilines is 1. The molecule has 4 aromatic rings. The van der Waals surface area contributed by atoms with Gasteiger partial charge in [0.05, 0.1) is 16.9 Å². The lowest BCUT2D eigenvalue weighted by molar-refractivity contribution is -0.110. The van der Waals surface area contributed by atoms with Crippen LogP contribution in [0.4, 0.5) is 5.82 Å². The first-order valence-electron chi connectivity index (χ1n) is 10.7. The van der Waals surface area contributed by atoms with Crippen molar-refractivity contribution in [1.82, 2.24) is 29.3 Å². The Balaban J connectivity index is 1.57. The lowest BCUT2D eigenvalue weighted by Crippen LogP contribution is -2.17. The zero-order valence-corrected chi connectivity index (χ0v) is 18.9. The standard InChI is InChI=1S/C22H25N7O2S/c1-28-7-5-17(27-28)18-12-16-19(24-15-4-3-14(11-15)13-30)25-20(26-22(16)32-18)21-23-6-8-29(21)9-10-31-2/h5-8,12-15H,3-4,9-11H2,1-2H3,(H,24,25,26)/t14-,15+/m0/s1. The molecule has 4 aromatic heterocycles. The van der Waals surface area contributed by atoms with Crippen LogP contribution in [0.15, 0.2) is 30.7 Å². The van der Waals surface area contributed by atoms with E-state index in [0.29, 0.717) is 24.8 Å². The first-order chi connectivity index (χ1) is 15.6. The van der Waals surface area contributed by atoms with E-state index in [-0.39, 0.29) is 12.0 Å². The molecule has 0 saturated heterocycles. The van der Waals surface area contributed by atoms with Crippen LogP contribution in [0.5, 0.6) is 0 Å². The van der Waals surface area contributed by atoms with E-state index >= 15 is 0 Å². The minimum atomic E-state index is 0.115. The van der Waals surface area contributed by atoms with Crippen LogP contribution < -0.4 is 5.32 Å². The summed E-state index contributed by atoms with van der Waals surface area (Å²) in [6, 6.07) is 4.30. The number of carbonyl (C=O) groups excluding carboxylic acids is 1. The minimum absolute atomic E-state index is 0.115.